The molecule has 1 aliphatic rings. The number of amides is 2. The molecule has 1 fully saturated rings. The zero-order chi connectivity index (χ0) is 15.6. The van der Waals surface area contributed by atoms with E-state index >= 15 is 0 Å². The largest absolute Gasteiger partial charge is 0.453 e. The Morgan fingerprint density at radius 2 is 2.19 bits per heavy atom. The summed E-state index contributed by atoms with van der Waals surface area (Å²) >= 11 is 0. The van der Waals surface area contributed by atoms with Crippen molar-refractivity contribution in [2.45, 2.75) is 38.5 Å². The Bertz CT molecular complexity index is 532. The summed E-state index contributed by atoms with van der Waals surface area (Å²) in [4.78, 5) is 25.3. The molecule has 0 saturated carbocycles. The molecular weight excluding hydrogens is 276 g/mol. The number of carbonyl (C=O) groups excluding carboxylic acids is 2. The van der Waals surface area contributed by atoms with E-state index in [2.05, 4.69) is 5.32 Å². The van der Waals surface area contributed by atoms with Crippen LogP contribution in [0.25, 0.3) is 0 Å². The molecule has 3 N–H and O–H groups in total. The lowest BCUT2D eigenvalue weighted by molar-refractivity contribution is -0.155. The van der Waals surface area contributed by atoms with Crippen molar-refractivity contribution in [3.05, 3.63) is 23.7 Å². The standard InChI is InChI=1S/C14H20N2O5/c1-14(2,20)13(19)16-6-5-9(16)7-15-12(18)11-4-3-10(8-17)21-11/h3-4,9,17,20H,5-8H2,1-2H3,(H,15,18). The second-order valence-corrected chi connectivity index (χ2v) is 5.63. The summed E-state index contributed by atoms with van der Waals surface area (Å²) in [7, 11) is 0. The highest BCUT2D eigenvalue weighted by molar-refractivity contribution is 5.91. The predicted molar refractivity (Wildman–Crippen MR) is 73.4 cm³/mol. The normalized spacial score (nSPS) is 18.3. The van der Waals surface area contributed by atoms with Crippen LogP contribution in [0, 0.1) is 0 Å². The molecule has 7 nitrogen and oxygen atoms in total. The van der Waals surface area contributed by atoms with Crippen LogP contribution in [0.5, 0.6) is 0 Å². The number of carbonyl (C=O) groups is 2. The van der Waals surface area contributed by atoms with E-state index in [0.29, 0.717) is 18.8 Å². The van der Waals surface area contributed by atoms with E-state index in [4.69, 9.17) is 9.52 Å². The molecule has 116 valence electrons. The van der Waals surface area contributed by atoms with Crippen molar-refractivity contribution in [2.75, 3.05) is 13.1 Å². The van der Waals surface area contributed by atoms with Crippen LogP contribution in [0.2, 0.25) is 0 Å². The second-order valence-electron chi connectivity index (χ2n) is 5.63. The highest BCUT2D eigenvalue weighted by Crippen LogP contribution is 2.21. The number of hydrogen-bond donors (Lipinski definition) is 3. The number of aliphatic hydroxyl groups is 2. The van der Waals surface area contributed by atoms with Crippen LogP contribution in [0.4, 0.5) is 0 Å². The fraction of sp³-hybridized carbons (Fsp3) is 0.571. The lowest BCUT2D eigenvalue weighted by Crippen LogP contribution is -2.60. The quantitative estimate of drug-likeness (QED) is 0.702. The fourth-order valence-electron chi connectivity index (χ4n) is 2.15. The van der Waals surface area contributed by atoms with Crippen LogP contribution < -0.4 is 5.32 Å². The minimum atomic E-state index is -1.40. The molecule has 1 aliphatic heterocycles. The van der Waals surface area contributed by atoms with E-state index in [9.17, 15) is 14.7 Å². The molecule has 0 spiro atoms. The van der Waals surface area contributed by atoms with E-state index in [0.717, 1.165) is 6.42 Å². The molecular formula is C14H20N2O5. The summed E-state index contributed by atoms with van der Waals surface area (Å²) < 4.78 is 5.12. The third kappa shape index (κ3) is 3.43. The zero-order valence-electron chi connectivity index (χ0n) is 12.1. The van der Waals surface area contributed by atoms with Crippen molar-refractivity contribution in [3.8, 4) is 0 Å². The molecule has 0 bridgehead atoms. The van der Waals surface area contributed by atoms with Gasteiger partial charge in [0, 0.05) is 13.1 Å². The van der Waals surface area contributed by atoms with Gasteiger partial charge >= 0.3 is 0 Å². The average molecular weight is 296 g/mol. The summed E-state index contributed by atoms with van der Waals surface area (Å²) in [6.45, 7) is 3.52. The van der Waals surface area contributed by atoms with Gasteiger partial charge in [0.1, 0.15) is 18.0 Å². The van der Waals surface area contributed by atoms with E-state index in [-0.39, 0.29) is 24.3 Å². The lowest BCUT2D eigenvalue weighted by Gasteiger charge is -2.43. The van der Waals surface area contributed by atoms with Crippen molar-refractivity contribution < 1.29 is 24.2 Å². The summed E-state index contributed by atoms with van der Waals surface area (Å²) in [6.07, 6.45) is 0.780. The zero-order valence-corrected chi connectivity index (χ0v) is 12.1. The maximum Gasteiger partial charge on any atom is 0.287 e. The maximum atomic E-state index is 11.9. The van der Waals surface area contributed by atoms with Gasteiger partial charge in [0.15, 0.2) is 5.76 Å². The molecule has 2 heterocycles. The first-order valence-electron chi connectivity index (χ1n) is 6.84. The number of nitrogens with one attached hydrogen (secondary N) is 1. The molecule has 0 aromatic carbocycles. The molecule has 1 unspecified atom stereocenters. The summed E-state index contributed by atoms with van der Waals surface area (Å²) in [5.41, 5.74) is -1.40. The van der Waals surface area contributed by atoms with Gasteiger partial charge in [-0.15, -0.1) is 0 Å². The van der Waals surface area contributed by atoms with Crippen molar-refractivity contribution in [2.24, 2.45) is 0 Å². The Morgan fingerprint density at radius 1 is 1.48 bits per heavy atom. The Kier molecular flexibility index (Phi) is 4.34. The van der Waals surface area contributed by atoms with Gasteiger partial charge < -0.3 is 24.8 Å². The number of nitrogens with zero attached hydrogens (tertiary/aromatic N) is 1. The fourth-order valence-corrected chi connectivity index (χ4v) is 2.15. The number of likely N-dealkylation sites (tertiary alicyclic amines) is 1. The first-order chi connectivity index (χ1) is 9.82. The van der Waals surface area contributed by atoms with Crippen molar-refractivity contribution in [1.82, 2.24) is 10.2 Å². The van der Waals surface area contributed by atoms with Crippen LogP contribution in [0.1, 0.15) is 36.6 Å². The number of furan rings is 1. The van der Waals surface area contributed by atoms with Crippen molar-refractivity contribution in [1.29, 1.82) is 0 Å². The summed E-state index contributed by atoms with van der Waals surface area (Å²) in [5, 5.41) is 21.3. The topological polar surface area (TPSA) is 103 Å². The number of hydrogen-bond acceptors (Lipinski definition) is 5. The smallest absolute Gasteiger partial charge is 0.287 e. The van der Waals surface area contributed by atoms with Gasteiger partial charge in [-0.3, -0.25) is 9.59 Å². The van der Waals surface area contributed by atoms with Gasteiger partial charge in [-0.25, -0.2) is 0 Å². The predicted octanol–water partition coefficient (Wildman–Crippen LogP) is -0.126. The highest BCUT2D eigenvalue weighted by Gasteiger charge is 2.38. The Labute approximate surface area is 122 Å². The lowest BCUT2D eigenvalue weighted by atomic mass is 9.98. The minimum absolute atomic E-state index is 0.111. The van der Waals surface area contributed by atoms with Gasteiger partial charge in [0.2, 0.25) is 0 Å². The molecule has 7 heteroatoms. The Balaban J connectivity index is 1.86. The van der Waals surface area contributed by atoms with Crippen LogP contribution >= 0.6 is 0 Å². The molecule has 2 amide bonds. The van der Waals surface area contributed by atoms with Crippen LogP contribution in [0.15, 0.2) is 16.5 Å². The Morgan fingerprint density at radius 3 is 2.67 bits per heavy atom. The minimum Gasteiger partial charge on any atom is -0.453 e. The summed E-state index contributed by atoms with van der Waals surface area (Å²) in [6, 6.07) is 2.91. The molecule has 2 rings (SSSR count). The Hall–Kier alpha value is -1.86. The van der Waals surface area contributed by atoms with Crippen LogP contribution in [-0.4, -0.2) is 51.7 Å². The molecule has 0 aliphatic carbocycles. The first kappa shape index (κ1) is 15.5. The number of rotatable bonds is 5. The second kappa shape index (κ2) is 5.87. The molecule has 1 aromatic rings. The first-order valence-corrected chi connectivity index (χ1v) is 6.84. The van der Waals surface area contributed by atoms with E-state index in [1.807, 2.05) is 0 Å². The molecule has 1 saturated heterocycles. The van der Waals surface area contributed by atoms with Gasteiger partial charge in [0.05, 0.1) is 6.04 Å². The van der Waals surface area contributed by atoms with E-state index in [1.54, 1.807) is 4.90 Å². The van der Waals surface area contributed by atoms with Crippen molar-refractivity contribution >= 4 is 11.8 Å². The molecule has 1 atom stereocenters. The van der Waals surface area contributed by atoms with Gasteiger partial charge in [-0.1, -0.05) is 0 Å². The van der Waals surface area contributed by atoms with Crippen LogP contribution in [-0.2, 0) is 11.4 Å². The highest BCUT2D eigenvalue weighted by atomic mass is 16.4. The van der Waals surface area contributed by atoms with Gasteiger partial charge in [0.25, 0.3) is 11.8 Å². The SMILES string of the molecule is CC(C)(O)C(=O)N1CCC1CNC(=O)c1ccc(CO)o1. The maximum absolute atomic E-state index is 11.9. The third-order valence-corrected chi connectivity index (χ3v) is 3.47. The average Bonchev–Trinajstić information content (AvgIpc) is 2.85. The third-order valence-electron chi connectivity index (χ3n) is 3.47. The molecule has 21 heavy (non-hydrogen) atoms. The molecule has 0 radical (unpaired) electrons. The van der Waals surface area contributed by atoms with Crippen LogP contribution in [0.3, 0.4) is 0 Å². The monoisotopic (exact) mass is 296 g/mol. The summed E-state index contributed by atoms with van der Waals surface area (Å²) in [5.74, 6) is -0.285. The van der Waals surface area contributed by atoms with E-state index in [1.165, 1.54) is 26.0 Å². The van der Waals surface area contributed by atoms with Gasteiger partial charge in [-0.2, -0.15) is 0 Å². The van der Waals surface area contributed by atoms with E-state index < -0.39 is 11.5 Å². The van der Waals surface area contributed by atoms with Gasteiger partial charge in [-0.05, 0) is 32.4 Å². The molecule has 1 aromatic heterocycles. The number of aliphatic hydroxyl groups excluding tert-OH is 1. The van der Waals surface area contributed by atoms with Crippen molar-refractivity contribution in [3.63, 3.8) is 0 Å².